The molecule has 2 aromatic carbocycles. The maximum Gasteiger partial charge on any atom is 0.260 e. The molecule has 0 N–H and O–H groups in total. The molecule has 0 atom stereocenters. The topological polar surface area (TPSA) is 67.8 Å². The van der Waals surface area contributed by atoms with Crippen LogP contribution >= 0.6 is 11.6 Å². The van der Waals surface area contributed by atoms with Crippen molar-refractivity contribution in [1.29, 1.82) is 0 Å². The summed E-state index contributed by atoms with van der Waals surface area (Å²) in [7, 11) is 1.64. The summed E-state index contributed by atoms with van der Waals surface area (Å²) in [6.45, 7) is 2.56. The van der Waals surface area contributed by atoms with E-state index < -0.39 is 0 Å². The molecule has 3 aromatic rings. The number of benzene rings is 2. The van der Waals surface area contributed by atoms with Crippen LogP contribution in [0.15, 0.2) is 60.7 Å². The highest BCUT2D eigenvalue weighted by atomic mass is 35.5. The lowest BCUT2D eigenvalue weighted by Crippen LogP contribution is -2.50. The van der Waals surface area contributed by atoms with Crippen LogP contribution in [0.3, 0.4) is 0 Å². The summed E-state index contributed by atoms with van der Waals surface area (Å²) in [5.41, 5.74) is 1.78. The van der Waals surface area contributed by atoms with Crippen molar-refractivity contribution in [3.63, 3.8) is 0 Å². The first-order chi connectivity index (χ1) is 15.1. The number of aromatic nitrogens is 2. The van der Waals surface area contributed by atoms with Crippen molar-refractivity contribution in [3.8, 4) is 22.8 Å². The Balaban J connectivity index is 1.30. The van der Waals surface area contributed by atoms with Crippen LogP contribution in [0.25, 0.3) is 11.3 Å². The van der Waals surface area contributed by atoms with E-state index in [-0.39, 0.29) is 12.5 Å². The molecule has 0 radical (unpaired) electrons. The van der Waals surface area contributed by atoms with Crippen molar-refractivity contribution in [1.82, 2.24) is 15.1 Å². The number of amides is 1. The molecule has 0 bridgehead atoms. The van der Waals surface area contributed by atoms with Gasteiger partial charge in [-0.3, -0.25) is 4.79 Å². The maximum absolute atomic E-state index is 12.5. The van der Waals surface area contributed by atoms with Crippen LogP contribution in [0.1, 0.15) is 0 Å². The Kier molecular flexibility index (Phi) is 6.52. The number of nitrogens with zero attached hydrogens (tertiary/aromatic N) is 4. The van der Waals surface area contributed by atoms with Gasteiger partial charge in [-0.2, -0.15) is 0 Å². The van der Waals surface area contributed by atoms with Gasteiger partial charge in [0.25, 0.3) is 5.91 Å². The average molecular weight is 439 g/mol. The number of piperazine rings is 1. The van der Waals surface area contributed by atoms with Crippen LogP contribution in [0, 0.1) is 0 Å². The fourth-order valence-corrected chi connectivity index (χ4v) is 3.58. The largest absolute Gasteiger partial charge is 0.497 e. The molecule has 0 saturated carbocycles. The zero-order valence-corrected chi connectivity index (χ0v) is 18.0. The molecule has 1 aliphatic rings. The van der Waals surface area contributed by atoms with Gasteiger partial charge in [-0.15, -0.1) is 10.2 Å². The molecule has 0 spiro atoms. The van der Waals surface area contributed by atoms with E-state index in [0.717, 1.165) is 22.8 Å². The maximum atomic E-state index is 12.5. The van der Waals surface area contributed by atoms with E-state index in [1.165, 1.54) is 0 Å². The van der Waals surface area contributed by atoms with Crippen molar-refractivity contribution >= 4 is 23.3 Å². The van der Waals surface area contributed by atoms with Gasteiger partial charge in [0.1, 0.15) is 11.5 Å². The Morgan fingerprint density at radius 2 is 1.71 bits per heavy atom. The predicted molar refractivity (Wildman–Crippen MR) is 120 cm³/mol. The highest BCUT2D eigenvalue weighted by molar-refractivity contribution is 6.32. The number of methoxy groups -OCH3 is 1. The first-order valence-electron chi connectivity index (χ1n) is 10.0. The van der Waals surface area contributed by atoms with Gasteiger partial charge in [0.2, 0.25) is 0 Å². The standard InChI is InChI=1S/C23H23ClN4O3/c1-30-18-8-6-17(7-9-18)20-10-11-22(26-25-20)27-12-14-28(15-13-27)23(29)16-31-21-5-3-2-4-19(21)24/h2-11H,12-16H2,1H3. The van der Waals surface area contributed by atoms with Gasteiger partial charge in [0.15, 0.2) is 12.4 Å². The van der Waals surface area contributed by atoms with Crippen LogP contribution in [-0.4, -0.2) is 60.9 Å². The minimum atomic E-state index is -0.0551. The molecule has 1 fully saturated rings. The molecule has 2 heterocycles. The SMILES string of the molecule is COc1ccc(-c2ccc(N3CCN(C(=O)COc4ccccc4Cl)CC3)nn2)cc1. The average Bonchev–Trinajstić information content (AvgIpc) is 2.84. The highest BCUT2D eigenvalue weighted by Gasteiger charge is 2.22. The second kappa shape index (κ2) is 9.66. The minimum absolute atomic E-state index is 0.0277. The number of halogens is 1. The molecule has 160 valence electrons. The Labute approximate surface area is 186 Å². The van der Waals surface area contributed by atoms with Gasteiger partial charge in [0, 0.05) is 31.7 Å². The minimum Gasteiger partial charge on any atom is -0.497 e. The zero-order chi connectivity index (χ0) is 21.6. The van der Waals surface area contributed by atoms with E-state index in [4.69, 9.17) is 21.1 Å². The summed E-state index contributed by atoms with van der Waals surface area (Å²) >= 11 is 6.07. The van der Waals surface area contributed by atoms with E-state index in [9.17, 15) is 4.79 Å². The molecular weight excluding hydrogens is 416 g/mol. The van der Waals surface area contributed by atoms with E-state index in [1.807, 2.05) is 48.5 Å². The van der Waals surface area contributed by atoms with Crippen LogP contribution in [-0.2, 0) is 4.79 Å². The molecule has 7 nitrogen and oxygen atoms in total. The second-order valence-electron chi connectivity index (χ2n) is 7.09. The summed E-state index contributed by atoms with van der Waals surface area (Å²) in [6.07, 6.45) is 0. The summed E-state index contributed by atoms with van der Waals surface area (Å²) in [5.74, 6) is 2.07. The van der Waals surface area contributed by atoms with E-state index in [2.05, 4.69) is 15.1 Å². The van der Waals surface area contributed by atoms with Crippen molar-refractivity contribution in [2.24, 2.45) is 0 Å². The van der Waals surface area contributed by atoms with Crippen molar-refractivity contribution in [3.05, 3.63) is 65.7 Å². The summed E-state index contributed by atoms with van der Waals surface area (Å²) in [5, 5.41) is 9.24. The molecule has 31 heavy (non-hydrogen) atoms. The van der Waals surface area contributed by atoms with E-state index in [0.29, 0.717) is 37.0 Å². The highest BCUT2D eigenvalue weighted by Crippen LogP contribution is 2.24. The molecule has 8 heteroatoms. The predicted octanol–water partition coefficient (Wildman–Crippen LogP) is 3.53. The third-order valence-corrected chi connectivity index (χ3v) is 5.49. The molecule has 4 rings (SSSR count). The Bertz CT molecular complexity index is 1020. The molecule has 1 amide bonds. The number of ether oxygens (including phenoxy) is 2. The van der Waals surface area contributed by atoms with Crippen LogP contribution in [0.5, 0.6) is 11.5 Å². The molecular formula is C23H23ClN4O3. The number of hydrogen-bond donors (Lipinski definition) is 0. The molecule has 0 aliphatic carbocycles. The smallest absolute Gasteiger partial charge is 0.260 e. The normalized spacial score (nSPS) is 13.7. The fraction of sp³-hybridized carbons (Fsp3) is 0.261. The van der Waals surface area contributed by atoms with Crippen LogP contribution in [0.2, 0.25) is 5.02 Å². The number of hydrogen-bond acceptors (Lipinski definition) is 6. The number of carbonyl (C=O) groups excluding carboxylic acids is 1. The number of para-hydroxylation sites is 1. The van der Waals surface area contributed by atoms with Crippen LogP contribution in [0.4, 0.5) is 5.82 Å². The molecule has 1 aromatic heterocycles. The van der Waals surface area contributed by atoms with Gasteiger partial charge in [0.05, 0.1) is 17.8 Å². The Morgan fingerprint density at radius 1 is 0.968 bits per heavy atom. The number of anilines is 1. The molecule has 1 aliphatic heterocycles. The lowest BCUT2D eigenvalue weighted by Gasteiger charge is -2.35. The summed E-state index contributed by atoms with van der Waals surface area (Å²) in [6, 6.07) is 18.8. The summed E-state index contributed by atoms with van der Waals surface area (Å²) in [4.78, 5) is 16.4. The third kappa shape index (κ3) is 5.06. The monoisotopic (exact) mass is 438 g/mol. The van der Waals surface area contributed by atoms with Gasteiger partial charge < -0.3 is 19.3 Å². The van der Waals surface area contributed by atoms with Crippen molar-refractivity contribution in [2.75, 3.05) is 44.8 Å². The van der Waals surface area contributed by atoms with Gasteiger partial charge in [-0.1, -0.05) is 23.7 Å². The van der Waals surface area contributed by atoms with E-state index >= 15 is 0 Å². The number of carbonyl (C=O) groups is 1. The second-order valence-corrected chi connectivity index (χ2v) is 7.50. The van der Waals surface area contributed by atoms with Gasteiger partial charge in [-0.05, 0) is 48.5 Å². The van der Waals surface area contributed by atoms with Crippen molar-refractivity contribution in [2.45, 2.75) is 0 Å². The fourth-order valence-electron chi connectivity index (χ4n) is 3.39. The lowest BCUT2D eigenvalue weighted by molar-refractivity contribution is -0.133. The van der Waals surface area contributed by atoms with Gasteiger partial charge >= 0.3 is 0 Å². The third-order valence-electron chi connectivity index (χ3n) is 5.18. The first kappa shape index (κ1) is 20.9. The lowest BCUT2D eigenvalue weighted by atomic mass is 10.1. The number of rotatable bonds is 6. The van der Waals surface area contributed by atoms with Gasteiger partial charge in [-0.25, -0.2) is 0 Å². The molecule has 1 saturated heterocycles. The van der Waals surface area contributed by atoms with Crippen molar-refractivity contribution < 1.29 is 14.3 Å². The van der Waals surface area contributed by atoms with E-state index in [1.54, 1.807) is 24.1 Å². The first-order valence-corrected chi connectivity index (χ1v) is 10.4. The Morgan fingerprint density at radius 3 is 2.35 bits per heavy atom. The molecule has 0 unspecified atom stereocenters. The quantitative estimate of drug-likeness (QED) is 0.586. The zero-order valence-electron chi connectivity index (χ0n) is 17.2. The van der Waals surface area contributed by atoms with Crippen LogP contribution < -0.4 is 14.4 Å². The Hall–Kier alpha value is -3.32. The summed E-state index contributed by atoms with van der Waals surface area (Å²) < 4.78 is 10.8.